The molecule has 126 valence electrons. The Labute approximate surface area is 143 Å². The van der Waals surface area contributed by atoms with Crippen molar-refractivity contribution < 1.29 is 13.2 Å². The van der Waals surface area contributed by atoms with Gasteiger partial charge in [-0.15, -0.1) is 12.4 Å². The Morgan fingerprint density at radius 1 is 1.27 bits per heavy atom. The van der Waals surface area contributed by atoms with Crippen molar-refractivity contribution >= 4 is 39.8 Å². The van der Waals surface area contributed by atoms with E-state index in [2.05, 4.69) is 0 Å². The zero-order chi connectivity index (χ0) is 16.3. The second kappa shape index (κ2) is 8.15. The van der Waals surface area contributed by atoms with Crippen LogP contribution in [0.15, 0.2) is 29.2 Å². The molecular weight excluding hydrogens is 347 g/mol. The fraction of sp³-hybridized carbons (Fsp3) is 0.500. The summed E-state index contributed by atoms with van der Waals surface area (Å²) in [5.41, 5.74) is 5.36. The molecule has 0 atom stereocenters. The molecule has 0 aliphatic rings. The molecule has 1 aromatic rings. The highest BCUT2D eigenvalue weighted by Gasteiger charge is 2.25. The number of nitrogens with zero attached hydrogens (tertiary/aromatic N) is 1. The van der Waals surface area contributed by atoms with E-state index in [1.165, 1.54) is 29.2 Å². The molecule has 2 N–H and O–H groups in total. The molecule has 1 rings (SSSR count). The van der Waals surface area contributed by atoms with E-state index in [-0.39, 0.29) is 22.7 Å². The molecule has 0 unspecified atom stereocenters. The van der Waals surface area contributed by atoms with Gasteiger partial charge in [-0.3, -0.25) is 4.79 Å². The first-order valence-corrected chi connectivity index (χ1v) is 8.53. The third kappa shape index (κ3) is 6.12. The van der Waals surface area contributed by atoms with Crippen LogP contribution in [-0.4, -0.2) is 45.1 Å². The minimum Gasteiger partial charge on any atom is -0.344 e. The molecule has 0 radical (unpaired) electrons. The van der Waals surface area contributed by atoms with Crippen LogP contribution < -0.4 is 5.73 Å². The highest BCUT2D eigenvalue weighted by Crippen LogP contribution is 2.17. The Balaban J connectivity index is 0.00000441. The van der Waals surface area contributed by atoms with E-state index in [0.717, 1.165) is 0 Å². The second-order valence-electron chi connectivity index (χ2n) is 5.83. The number of hydrogen-bond acceptors (Lipinski definition) is 4. The number of sulfone groups is 1. The maximum Gasteiger partial charge on any atom is 0.237 e. The first kappa shape index (κ1) is 21.2. The fourth-order valence-corrected chi connectivity index (χ4v) is 3.18. The Hall–Kier alpha value is -0.820. The topological polar surface area (TPSA) is 80.5 Å². The molecule has 1 amide bonds. The van der Waals surface area contributed by atoms with Gasteiger partial charge in [0.05, 0.1) is 4.90 Å². The zero-order valence-electron chi connectivity index (χ0n) is 12.9. The summed E-state index contributed by atoms with van der Waals surface area (Å²) in [5.74, 6) is -1.02. The first-order valence-electron chi connectivity index (χ1n) is 6.50. The Morgan fingerprint density at radius 2 is 1.77 bits per heavy atom. The van der Waals surface area contributed by atoms with Gasteiger partial charge in [0.2, 0.25) is 5.91 Å². The van der Waals surface area contributed by atoms with Gasteiger partial charge in [0.1, 0.15) is 5.75 Å². The standard InChI is InChI=1S/C14H21ClN2O3S.ClH/c1-14(2,9-16)10-17(3)13(18)8-21(19,20)12-6-4-11(15)5-7-12;/h4-7H,8-10,16H2,1-3H3;1H. The predicted octanol–water partition coefficient (Wildman–Crippen LogP) is 1.98. The summed E-state index contributed by atoms with van der Waals surface area (Å²) in [6.45, 7) is 4.65. The van der Waals surface area contributed by atoms with E-state index in [0.29, 0.717) is 18.1 Å². The van der Waals surface area contributed by atoms with Crippen molar-refractivity contribution in [3.05, 3.63) is 29.3 Å². The number of amides is 1. The maximum atomic E-state index is 12.2. The van der Waals surface area contributed by atoms with Gasteiger partial charge >= 0.3 is 0 Å². The predicted molar refractivity (Wildman–Crippen MR) is 91.2 cm³/mol. The van der Waals surface area contributed by atoms with E-state index >= 15 is 0 Å². The summed E-state index contributed by atoms with van der Waals surface area (Å²) in [6, 6.07) is 5.77. The normalized spacial score (nSPS) is 11.7. The lowest BCUT2D eigenvalue weighted by molar-refractivity contribution is -0.128. The van der Waals surface area contributed by atoms with Gasteiger partial charge < -0.3 is 10.6 Å². The van der Waals surface area contributed by atoms with Crippen LogP contribution in [0.5, 0.6) is 0 Å². The molecule has 22 heavy (non-hydrogen) atoms. The molecule has 0 heterocycles. The van der Waals surface area contributed by atoms with Crippen LogP contribution in [0.2, 0.25) is 5.02 Å². The van der Waals surface area contributed by atoms with E-state index < -0.39 is 21.5 Å². The first-order chi connectivity index (χ1) is 9.57. The number of benzene rings is 1. The van der Waals surface area contributed by atoms with E-state index in [4.69, 9.17) is 17.3 Å². The summed E-state index contributed by atoms with van der Waals surface area (Å²) >= 11 is 5.72. The molecule has 8 heteroatoms. The number of carbonyl (C=O) groups is 1. The number of carbonyl (C=O) groups excluding carboxylic acids is 1. The van der Waals surface area contributed by atoms with Crippen molar-refractivity contribution in [2.24, 2.45) is 11.1 Å². The lowest BCUT2D eigenvalue weighted by atomic mass is 9.93. The van der Waals surface area contributed by atoms with Gasteiger partial charge in [-0.2, -0.15) is 0 Å². The third-order valence-corrected chi connectivity index (χ3v) is 5.00. The van der Waals surface area contributed by atoms with Crippen molar-refractivity contribution in [1.82, 2.24) is 4.90 Å². The molecule has 0 aliphatic heterocycles. The van der Waals surface area contributed by atoms with Crippen molar-refractivity contribution in [3.8, 4) is 0 Å². The monoisotopic (exact) mass is 368 g/mol. The van der Waals surface area contributed by atoms with Crippen molar-refractivity contribution in [3.63, 3.8) is 0 Å². The second-order valence-corrected chi connectivity index (χ2v) is 8.26. The van der Waals surface area contributed by atoms with Crippen LogP contribution in [0.4, 0.5) is 0 Å². The average molecular weight is 369 g/mol. The van der Waals surface area contributed by atoms with Crippen LogP contribution >= 0.6 is 24.0 Å². The molecule has 0 bridgehead atoms. The Kier molecular flexibility index (Phi) is 7.85. The molecule has 0 fully saturated rings. The molecule has 5 nitrogen and oxygen atoms in total. The van der Waals surface area contributed by atoms with Crippen molar-refractivity contribution in [2.75, 3.05) is 25.9 Å². The highest BCUT2D eigenvalue weighted by atomic mass is 35.5. The number of rotatable bonds is 6. The van der Waals surface area contributed by atoms with E-state index in [1.807, 2.05) is 13.8 Å². The van der Waals surface area contributed by atoms with Crippen LogP contribution in [0.25, 0.3) is 0 Å². The lowest BCUT2D eigenvalue weighted by Crippen LogP contribution is -2.41. The highest BCUT2D eigenvalue weighted by molar-refractivity contribution is 7.92. The minimum atomic E-state index is -3.66. The van der Waals surface area contributed by atoms with Gasteiger partial charge in [-0.1, -0.05) is 25.4 Å². The Morgan fingerprint density at radius 3 is 2.23 bits per heavy atom. The molecule has 0 saturated carbocycles. The summed E-state index contributed by atoms with van der Waals surface area (Å²) in [5, 5.41) is 0.446. The lowest BCUT2D eigenvalue weighted by Gasteiger charge is -2.29. The minimum absolute atomic E-state index is 0. The number of halogens is 2. The van der Waals surface area contributed by atoms with Crippen LogP contribution in [0.1, 0.15) is 13.8 Å². The largest absolute Gasteiger partial charge is 0.344 e. The summed E-state index contributed by atoms with van der Waals surface area (Å²) in [6.07, 6.45) is 0. The molecule has 1 aromatic carbocycles. The van der Waals surface area contributed by atoms with E-state index in [9.17, 15) is 13.2 Å². The molecule has 0 saturated heterocycles. The van der Waals surface area contributed by atoms with Gasteiger partial charge in [-0.05, 0) is 36.2 Å². The maximum absolute atomic E-state index is 12.2. The molecule has 0 spiro atoms. The van der Waals surface area contributed by atoms with Gasteiger partial charge in [0, 0.05) is 18.6 Å². The smallest absolute Gasteiger partial charge is 0.237 e. The SMILES string of the molecule is CN(CC(C)(C)CN)C(=O)CS(=O)(=O)c1ccc(Cl)cc1.Cl. The van der Waals surface area contributed by atoms with Gasteiger partial charge in [0.15, 0.2) is 9.84 Å². The van der Waals surface area contributed by atoms with Gasteiger partial charge in [-0.25, -0.2) is 8.42 Å². The fourth-order valence-electron chi connectivity index (χ4n) is 1.79. The summed E-state index contributed by atoms with van der Waals surface area (Å²) in [4.78, 5) is 13.6. The van der Waals surface area contributed by atoms with Crippen molar-refractivity contribution in [1.29, 1.82) is 0 Å². The van der Waals surface area contributed by atoms with Crippen LogP contribution in [0, 0.1) is 5.41 Å². The molecule has 0 aliphatic carbocycles. The molecule has 0 aromatic heterocycles. The average Bonchev–Trinajstić information content (AvgIpc) is 2.38. The van der Waals surface area contributed by atoms with E-state index in [1.54, 1.807) is 7.05 Å². The number of nitrogens with two attached hydrogens (primary N) is 1. The summed E-state index contributed by atoms with van der Waals surface area (Å²) < 4.78 is 24.4. The quantitative estimate of drug-likeness (QED) is 0.832. The summed E-state index contributed by atoms with van der Waals surface area (Å²) in [7, 11) is -2.08. The molecular formula is C14H22Cl2N2O3S. The van der Waals surface area contributed by atoms with Crippen LogP contribution in [0.3, 0.4) is 0 Å². The van der Waals surface area contributed by atoms with Crippen LogP contribution in [-0.2, 0) is 14.6 Å². The third-order valence-electron chi connectivity index (χ3n) is 3.13. The Bertz CT molecular complexity index is 601. The number of hydrogen-bond donors (Lipinski definition) is 1. The van der Waals surface area contributed by atoms with Crippen molar-refractivity contribution in [2.45, 2.75) is 18.7 Å². The van der Waals surface area contributed by atoms with Gasteiger partial charge in [0.25, 0.3) is 0 Å². The zero-order valence-corrected chi connectivity index (χ0v) is 15.3.